The summed E-state index contributed by atoms with van der Waals surface area (Å²) in [5.74, 6) is 4.24. The van der Waals surface area contributed by atoms with Crippen molar-refractivity contribution in [3.8, 4) is 0 Å². The van der Waals surface area contributed by atoms with E-state index in [1.807, 2.05) is 0 Å². The Morgan fingerprint density at radius 3 is 1.25 bits per heavy atom. The largest absolute Gasteiger partial charge is 0.249 e. The molecule has 36 heavy (non-hydrogen) atoms. The molecular weight excluding hydrogens is 446 g/mol. The van der Waals surface area contributed by atoms with E-state index in [4.69, 9.17) is 0 Å². The van der Waals surface area contributed by atoms with Gasteiger partial charge in [0.25, 0.3) is 0 Å². The summed E-state index contributed by atoms with van der Waals surface area (Å²) in [5, 5.41) is 0. The highest BCUT2D eigenvalue weighted by Gasteiger charge is 2.57. The van der Waals surface area contributed by atoms with Crippen LogP contribution in [0.25, 0.3) is 0 Å². The zero-order chi connectivity index (χ0) is 27.2. The highest BCUT2D eigenvalue weighted by Crippen LogP contribution is 2.59. The monoisotopic (exact) mass is 515 g/mol. The third-order valence-electron chi connectivity index (χ3n) is 9.48. The van der Waals surface area contributed by atoms with E-state index >= 15 is 0 Å². The van der Waals surface area contributed by atoms with E-state index in [1.54, 1.807) is 0 Å². The molecule has 3 aliphatic carbocycles. The van der Waals surface area contributed by atoms with Crippen LogP contribution in [-0.4, -0.2) is 5.92 Å². The van der Waals surface area contributed by atoms with Crippen LogP contribution in [0.2, 0.25) is 0 Å². The van der Waals surface area contributed by atoms with Crippen molar-refractivity contribution >= 4 is 0 Å². The zero-order valence-corrected chi connectivity index (χ0v) is 25.9. The van der Waals surface area contributed by atoms with Gasteiger partial charge in [-0.05, 0) is 103 Å². The van der Waals surface area contributed by atoms with E-state index in [-0.39, 0.29) is 25.7 Å². The summed E-state index contributed by atoms with van der Waals surface area (Å²) in [4.78, 5) is 0. The molecule has 0 N–H and O–H groups in total. The molecule has 1 atom stereocenters. The van der Waals surface area contributed by atoms with Crippen LogP contribution in [0.15, 0.2) is 0 Å². The number of rotatable bonds is 10. The molecule has 0 aliphatic heterocycles. The molecule has 3 saturated carbocycles. The van der Waals surface area contributed by atoms with E-state index in [2.05, 4.69) is 83.1 Å². The molecule has 0 nitrogen and oxygen atoms in total. The molecule has 0 amide bonds. The topological polar surface area (TPSA) is 0 Å². The summed E-state index contributed by atoms with van der Waals surface area (Å²) in [6.07, 6.45) is 11.5. The maximum Gasteiger partial charge on any atom is 0.249 e. The van der Waals surface area contributed by atoms with Gasteiger partial charge >= 0.3 is 0 Å². The fourth-order valence-corrected chi connectivity index (χ4v) is 7.12. The number of hydrogen-bond acceptors (Lipinski definition) is 0. The Bertz CT molecular complexity index is 560. The fraction of sp³-hybridized carbons (Fsp3) is 1.00. The lowest BCUT2D eigenvalue weighted by Gasteiger charge is -2.51. The second kappa shape index (κ2) is 14.9. The van der Waals surface area contributed by atoms with Crippen LogP contribution >= 0.6 is 0 Å². The minimum atomic E-state index is -2.38. The molecule has 0 aromatic rings. The van der Waals surface area contributed by atoms with Gasteiger partial charge in [-0.25, -0.2) is 8.78 Å². The third-order valence-corrected chi connectivity index (χ3v) is 9.48. The van der Waals surface area contributed by atoms with Crippen molar-refractivity contribution in [3.05, 3.63) is 0 Å². The highest BCUT2D eigenvalue weighted by molar-refractivity contribution is 5.00. The van der Waals surface area contributed by atoms with Crippen LogP contribution in [0.3, 0.4) is 0 Å². The first-order valence-electron chi connectivity index (χ1n) is 15.3. The van der Waals surface area contributed by atoms with Crippen molar-refractivity contribution in [2.45, 2.75) is 161 Å². The summed E-state index contributed by atoms with van der Waals surface area (Å²) < 4.78 is 25.7. The Kier molecular flexibility index (Phi) is 14.8. The van der Waals surface area contributed by atoms with Crippen molar-refractivity contribution in [2.24, 2.45) is 58.2 Å². The second-order valence-corrected chi connectivity index (χ2v) is 15.2. The number of hydrogen-bond donors (Lipinski definition) is 0. The lowest BCUT2D eigenvalue weighted by Crippen LogP contribution is -2.49. The first kappa shape index (κ1) is 35.9. The molecule has 2 heteroatoms. The fourth-order valence-electron chi connectivity index (χ4n) is 7.12. The van der Waals surface area contributed by atoms with Crippen molar-refractivity contribution < 1.29 is 8.78 Å². The van der Waals surface area contributed by atoms with E-state index in [9.17, 15) is 8.78 Å². The van der Waals surface area contributed by atoms with Crippen molar-refractivity contribution in [1.82, 2.24) is 0 Å². The number of alkyl halides is 2. The predicted molar refractivity (Wildman–Crippen MR) is 159 cm³/mol. The molecule has 0 radical (unpaired) electrons. The average Bonchev–Trinajstić information content (AvgIpc) is 3.45. The van der Waals surface area contributed by atoms with Gasteiger partial charge in [0.1, 0.15) is 0 Å². The van der Waals surface area contributed by atoms with Crippen LogP contribution in [0.1, 0.15) is 155 Å². The van der Waals surface area contributed by atoms with Crippen LogP contribution in [-0.2, 0) is 0 Å². The first-order chi connectivity index (χ1) is 16.0. The molecule has 0 heterocycles. The van der Waals surface area contributed by atoms with Gasteiger partial charge < -0.3 is 0 Å². The van der Waals surface area contributed by atoms with Gasteiger partial charge in [0.05, 0.1) is 0 Å². The van der Waals surface area contributed by atoms with Crippen molar-refractivity contribution in [2.75, 3.05) is 0 Å². The molecule has 1 unspecified atom stereocenters. The van der Waals surface area contributed by atoms with Crippen LogP contribution in [0.4, 0.5) is 8.78 Å². The van der Waals surface area contributed by atoms with Gasteiger partial charge in [-0.1, -0.05) is 96.9 Å². The average molecular weight is 515 g/mol. The quantitative estimate of drug-likeness (QED) is 0.272. The van der Waals surface area contributed by atoms with Crippen molar-refractivity contribution in [1.29, 1.82) is 0 Å². The molecule has 3 rings (SSSR count). The minimum absolute atomic E-state index is 0. The van der Waals surface area contributed by atoms with Gasteiger partial charge in [0, 0.05) is 12.8 Å². The maximum absolute atomic E-state index is 12.8. The standard InChI is InChI=1S/C11H20F2.2C11H22.CH4/c1-8(2)5-10(9(3)4)6-11(12,13)7-10;1-8(2)7-11(9(3)4)10-5-6-10;1-9(2)8-11(10(3)4)6-5-7-11;/h8-9H,5-7H2,1-4H3;8-11H,5-7H2,1-4H3;9-10H,5-8H2,1-4H3;1H4. The maximum atomic E-state index is 12.8. The van der Waals surface area contributed by atoms with Crippen LogP contribution < -0.4 is 0 Å². The number of halogens is 2. The summed E-state index contributed by atoms with van der Waals surface area (Å²) in [5.41, 5.74) is 0.672. The van der Waals surface area contributed by atoms with Crippen molar-refractivity contribution in [3.63, 3.8) is 0 Å². The van der Waals surface area contributed by atoms with Gasteiger partial charge in [-0.3, -0.25) is 0 Å². The molecular formula is C34H68F2. The van der Waals surface area contributed by atoms with Gasteiger partial charge in [0.15, 0.2) is 0 Å². The lowest BCUT2D eigenvalue weighted by atomic mass is 9.57. The normalized spacial score (nSPS) is 22.3. The van der Waals surface area contributed by atoms with E-state index < -0.39 is 5.92 Å². The van der Waals surface area contributed by atoms with Crippen LogP contribution in [0.5, 0.6) is 0 Å². The molecule has 3 fully saturated rings. The van der Waals surface area contributed by atoms with Gasteiger partial charge in [0.2, 0.25) is 5.92 Å². The predicted octanol–water partition coefficient (Wildman–Crippen LogP) is 12.3. The summed E-state index contributed by atoms with van der Waals surface area (Å²) >= 11 is 0. The molecule has 0 aromatic carbocycles. The van der Waals surface area contributed by atoms with Crippen LogP contribution in [0, 0.1) is 58.2 Å². The Hall–Kier alpha value is -0.140. The molecule has 3 aliphatic rings. The van der Waals surface area contributed by atoms with Gasteiger partial charge in [-0.15, -0.1) is 0 Å². The third kappa shape index (κ3) is 11.3. The van der Waals surface area contributed by atoms with Gasteiger partial charge in [-0.2, -0.15) is 0 Å². The Labute approximate surface area is 227 Å². The van der Waals surface area contributed by atoms with E-state index in [0.29, 0.717) is 11.8 Å². The lowest BCUT2D eigenvalue weighted by molar-refractivity contribution is -0.185. The molecule has 0 spiro atoms. The second-order valence-electron chi connectivity index (χ2n) is 15.2. The Morgan fingerprint density at radius 2 is 1.06 bits per heavy atom. The van der Waals surface area contributed by atoms with E-state index in [1.165, 1.54) is 44.9 Å². The SMILES string of the molecule is C.CC(C)CC(C(C)C)C1CC1.CC(C)CC1(C(C)C)CC(F)(F)C1.CC(C)CC1(C(C)C)CCC1. The Morgan fingerprint density at radius 1 is 0.639 bits per heavy atom. The summed E-state index contributed by atoms with van der Waals surface area (Å²) in [6, 6.07) is 0. The van der Waals surface area contributed by atoms with E-state index in [0.717, 1.165) is 47.3 Å². The molecule has 0 bridgehead atoms. The highest BCUT2D eigenvalue weighted by atomic mass is 19.3. The summed E-state index contributed by atoms with van der Waals surface area (Å²) in [7, 11) is 0. The minimum Gasteiger partial charge on any atom is -0.207 e. The summed E-state index contributed by atoms with van der Waals surface area (Å²) in [6.45, 7) is 27.3. The first-order valence-corrected chi connectivity index (χ1v) is 15.3. The smallest absolute Gasteiger partial charge is 0.207 e. The zero-order valence-electron chi connectivity index (χ0n) is 25.9. The molecule has 0 aromatic heterocycles. The molecule has 218 valence electrons. The Balaban J connectivity index is 0.000000506. The molecule has 0 saturated heterocycles.